The smallest absolute Gasteiger partial charge is 0.173 e. The Morgan fingerprint density at radius 3 is 2.70 bits per heavy atom. The number of anilines is 1. The van der Waals surface area contributed by atoms with Crippen molar-refractivity contribution in [2.45, 2.75) is 13.0 Å². The van der Waals surface area contributed by atoms with Gasteiger partial charge in [0.05, 0.1) is 11.9 Å². The van der Waals surface area contributed by atoms with Gasteiger partial charge in [-0.2, -0.15) is 0 Å². The summed E-state index contributed by atoms with van der Waals surface area (Å²) in [7, 11) is 0. The monoisotopic (exact) mass is 327 g/mol. The van der Waals surface area contributed by atoms with Crippen molar-refractivity contribution in [2.24, 2.45) is 0 Å². The fourth-order valence-corrected chi connectivity index (χ4v) is 3.02. The van der Waals surface area contributed by atoms with E-state index in [0.717, 1.165) is 49.9 Å². The van der Waals surface area contributed by atoms with Gasteiger partial charge < -0.3 is 10.2 Å². The Kier molecular flexibility index (Phi) is 5.50. The van der Waals surface area contributed by atoms with Gasteiger partial charge in [0.1, 0.15) is 0 Å². The molecule has 6 heteroatoms. The lowest BCUT2D eigenvalue weighted by Gasteiger charge is -2.24. The predicted molar refractivity (Wildman–Crippen MR) is 96.2 cm³/mol. The van der Waals surface area contributed by atoms with E-state index in [-0.39, 0.29) is 0 Å². The van der Waals surface area contributed by atoms with Gasteiger partial charge in [0.15, 0.2) is 5.11 Å². The Hall–Kier alpha value is -2.05. The van der Waals surface area contributed by atoms with Crippen LogP contribution in [0.15, 0.2) is 49.1 Å². The Labute approximate surface area is 142 Å². The maximum absolute atomic E-state index is 5.54. The SMILES string of the molecule is S=C(Nc1cccnc1)N1CCCN(Cc2ccncc2)CC1. The highest BCUT2D eigenvalue weighted by molar-refractivity contribution is 7.80. The summed E-state index contributed by atoms with van der Waals surface area (Å²) in [6.07, 6.45) is 8.37. The van der Waals surface area contributed by atoms with E-state index >= 15 is 0 Å². The minimum Gasteiger partial charge on any atom is -0.348 e. The molecule has 1 aliphatic heterocycles. The van der Waals surface area contributed by atoms with Crippen molar-refractivity contribution in [2.75, 3.05) is 31.5 Å². The molecule has 5 nitrogen and oxygen atoms in total. The second-order valence-electron chi connectivity index (χ2n) is 5.64. The van der Waals surface area contributed by atoms with Crippen molar-refractivity contribution >= 4 is 23.0 Å². The van der Waals surface area contributed by atoms with E-state index in [1.165, 1.54) is 5.56 Å². The lowest BCUT2D eigenvalue weighted by Crippen LogP contribution is -2.37. The quantitative estimate of drug-likeness (QED) is 0.873. The van der Waals surface area contributed by atoms with Gasteiger partial charge in [0, 0.05) is 51.3 Å². The third-order valence-corrected chi connectivity index (χ3v) is 4.30. The van der Waals surface area contributed by atoms with Crippen LogP contribution in [0, 0.1) is 0 Å². The maximum atomic E-state index is 5.54. The van der Waals surface area contributed by atoms with Crippen LogP contribution in [-0.4, -0.2) is 51.1 Å². The zero-order valence-electron chi connectivity index (χ0n) is 13.1. The van der Waals surface area contributed by atoms with Gasteiger partial charge >= 0.3 is 0 Å². The van der Waals surface area contributed by atoms with Crippen LogP contribution in [0.5, 0.6) is 0 Å². The molecule has 1 aliphatic rings. The van der Waals surface area contributed by atoms with Gasteiger partial charge in [-0.1, -0.05) is 0 Å². The van der Waals surface area contributed by atoms with Crippen LogP contribution in [0.4, 0.5) is 5.69 Å². The number of aromatic nitrogens is 2. The topological polar surface area (TPSA) is 44.3 Å². The maximum Gasteiger partial charge on any atom is 0.173 e. The van der Waals surface area contributed by atoms with E-state index in [1.54, 1.807) is 12.4 Å². The molecule has 0 aromatic carbocycles. The number of nitrogens with zero attached hydrogens (tertiary/aromatic N) is 4. The van der Waals surface area contributed by atoms with Gasteiger partial charge in [-0.3, -0.25) is 14.9 Å². The zero-order valence-corrected chi connectivity index (χ0v) is 13.9. The molecule has 3 heterocycles. The average Bonchev–Trinajstić information content (AvgIpc) is 2.82. The second-order valence-corrected chi connectivity index (χ2v) is 6.03. The summed E-state index contributed by atoms with van der Waals surface area (Å²) < 4.78 is 0. The van der Waals surface area contributed by atoms with Crippen LogP contribution in [0.1, 0.15) is 12.0 Å². The van der Waals surface area contributed by atoms with Gasteiger partial charge in [-0.25, -0.2) is 0 Å². The minimum absolute atomic E-state index is 0.781. The lowest BCUT2D eigenvalue weighted by atomic mass is 10.2. The summed E-state index contributed by atoms with van der Waals surface area (Å²) in [6.45, 7) is 5.00. The first-order chi connectivity index (χ1) is 11.3. The number of rotatable bonds is 3. The molecule has 0 bridgehead atoms. The molecule has 0 radical (unpaired) electrons. The largest absolute Gasteiger partial charge is 0.348 e. The normalized spacial score (nSPS) is 15.9. The first-order valence-corrected chi connectivity index (χ1v) is 8.29. The van der Waals surface area contributed by atoms with Crippen LogP contribution in [0.3, 0.4) is 0 Å². The van der Waals surface area contributed by atoms with Crippen LogP contribution < -0.4 is 5.32 Å². The molecule has 0 unspecified atom stereocenters. The third-order valence-electron chi connectivity index (χ3n) is 3.94. The molecule has 1 fully saturated rings. The Bertz CT molecular complexity index is 619. The van der Waals surface area contributed by atoms with Gasteiger partial charge in [0.25, 0.3) is 0 Å². The Morgan fingerprint density at radius 1 is 1.04 bits per heavy atom. The molecule has 0 atom stereocenters. The first-order valence-electron chi connectivity index (χ1n) is 7.88. The zero-order chi connectivity index (χ0) is 15.9. The summed E-state index contributed by atoms with van der Waals surface area (Å²) in [5, 5.41) is 4.05. The van der Waals surface area contributed by atoms with E-state index in [1.807, 2.05) is 24.5 Å². The molecular formula is C17H21N5S. The highest BCUT2D eigenvalue weighted by atomic mass is 32.1. The second kappa shape index (κ2) is 7.99. The van der Waals surface area contributed by atoms with Crippen molar-refractivity contribution in [3.05, 3.63) is 54.6 Å². The first kappa shape index (κ1) is 15.8. The van der Waals surface area contributed by atoms with Crippen molar-refractivity contribution in [3.63, 3.8) is 0 Å². The van der Waals surface area contributed by atoms with Gasteiger partial charge in [-0.05, 0) is 48.5 Å². The van der Waals surface area contributed by atoms with Gasteiger partial charge in [0.2, 0.25) is 0 Å². The number of hydrogen-bond acceptors (Lipinski definition) is 4. The Balaban J connectivity index is 1.53. The van der Waals surface area contributed by atoms with Crippen LogP contribution in [-0.2, 0) is 6.54 Å². The number of thiocarbonyl (C=S) groups is 1. The number of nitrogens with one attached hydrogen (secondary N) is 1. The minimum atomic E-state index is 0.781. The number of pyridine rings is 2. The fraction of sp³-hybridized carbons (Fsp3) is 0.353. The van der Waals surface area contributed by atoms with E-state index in [2.05, 4.69) is 37.2 Å². The van der Waals surface area contributed by atoms with Gasteiger partial charge in [-0.15, -0.1) is 0 Å². The highest BCUT2D eigenvalue weighted by Gasteiger charge is 2.17. The molecule has 1 saturated heterocycles. The molecule has 120 valence electrons. The van der Waals surface area contributed by atoms with Crippen molar-refractivity contribution in [3.8, 4) is 0 Å². The summed E-state index contributed by atoms with van der Waals surface area (Å²) in [5.41, 5.74) is 2.25. The molecule has 0 amide bonds. The summed E-state index contributed by atoms with van der Waals surface area (Å²) in [4.78, 5) is 12.9. The van der Waals surface area contributed by atoms with Crippen LogP contribution >= 0.6 is 12.2 Å². The molecule has 0 saturated carbocycles. The molecular weight excluding hydrogens is 306 g/mol. The number of hydrogen-bond donors (Lipinski definition) is 1. The molecule has 2 aromatic heterocycles. The average molecular weight is 327 g/mol. The highest BCUT2D eigenvalue weighted by Crippen LogP contribution is 2.11. The molecule has 2 aromatic rings. The third kappa shape index (κ3) is 4.71. The molecule has 0 spiro atoms. The van der Waals surface area contributed by atoms with E-state index in [0.29, 0.717) is 0 Å². The van der Waals surface area contributed by atoms with Crippen molar-refractivity contribution in [1.82, 2.24) is 19.8 Å². The van der Waals surface area contributed by atoms with E-state index < -0.39 is 0 Å². The van der Waals surface area contributed by atoms with E-state index in [9.17, 15) is 0 Å². The Morgan fingerprint density at radius 2 is 1.91 bits per heavy atom. The van der Waals surface area contributed by atoms with E-state index in [4.69, 9.17) is 12.2 Å². The molecule has 1 N–H and O–H groups in total. The summed E-state index contributed by atoms with van der Waals surface area (Å²) >= 11 is 5.54. The standard InChI is InChI=1S/C17H21N5S/c23-17(20-16-3-1-6-19-13-16)22-10-2-9-21(11-12-22)14-15-4-7-18-8-5-15/h1,3-8,13H,2,9-12,14H2,(H,20,23). The van der Waals surface area contributed by atoms with Crippen molar-refractivity contribution in [1.29, 1.82) is 0 Å². The molecule has 0 aliphatic carbocycles. The predicted octanol–water partition coefficient (Wildman–Crippen LogP) is 2.38. The van der Waals surface area contributed by atoms with Crippen LogP contribution in [0.2, 0.25) is 0 Å². The summed E-state index contributed by atoms with van der Waals surface area (Å²) in [6, 6.07) is 8.05. The van der Waals surface area contributed by atoms with Crippen LogP contribution in [0.25, 0.3) is 0 Å². The summed E-state index contributed by atoms with van der Waals surface area (Å²) in [5.74, 6) is 0. The molecule has 23 heavy (non-hydrogen) atoms. The lowest BCUT2D eigenvalue weighted by molar-refractivity contribution is 0.278. The fourth-order valence-electron chi connectivity index (χ4n) is 2.72. The van der Waals surface area contributed by atoms with Crippen molar-refractivity contribution < 1.29 is 0 Å². The molecule has 3 rings (SSSR count).